The van der Waals surface area contributed by atoms with E-state index >= 15 is 0 Å². The SMILES string of the molecule is CCC(C)NC(=O)C(CC)N(Cc1ccc(Cl)cc1Cl)C(=O)CN(c1cc(OC)ccc1OC)S(=O)(=O)c1ccccc1. The molecule has 0 saturated heterocycles. The lowest BCUT2D eigenvalue weighted by Gasteiger charge is -2.34. The number of hydrogen-bond acceptors (Lipinski definition) is 6. The fraction of sp³-hybridized carbons (Fsp3) is 0.355. The Morgan fingerprint density at radius 2 is 1.63 bits per heavy atom. The van der Waals surface area contributed by atoms with E-state index in [1.165, 1.54) is 37.3 Å². The third-order valence-corrected chi connectivity index (χ3v) is 9.37. The second-order valence-corrected chi connectivity index (χ2v) is 12.6. The van der Waals surface area contributed by atoms with Gasteiger partial charge in [0.05, 0.1) is 24.8 Å². The highest BCUT2D eigenvalue weighted by Gasteiger charge is 2.35. The lowest BCUT2D eigenvalue weighted by atomic mass is 10.1. The first kappa shape index (κ1) is 34.0. The first-order valence-corrected chi connectivity index (χ1v) is 16.0. The van der Waals surface area contributed by atoms with Crippen molar-refractivity contribution in [1.29, 1.82) is 0 Å². The molecule has 0 aliphatic carbocycles. The lowest BCUT2D eigenvalue weighted by Crippen LogP contribution is -2.53. The molecule has 2 unspecified atom stereocenters. The molecule has 43 heavy (non-hydrogen) atoms. The van der Waals surface area contributed by atoms with Gasteiger partial charge in [0, 0.05) is 28.7 Å². The summed E-state index contributed by atoms with van der Waals surface area (Å²) in [5.41, 5.74) is 0.645. The fourth-order valence-electron chi connectivity index (χ4n) is 4.42. The van der Waals surface area contributed by atoms with E-state index in [4.69, 9.17) is 32.7 Å². The highest BCUT2D eigenvalue weighted by molar-refractivity contribution is 7.92. The van der Waals surface area contributed by atoms with Crippen molar-refractivity contribution in [3.05, 3.63) is 82.3 Å². The summed E-state index contributed by atoms with van der Waals surface area (Å²) in [6.07, 6.45) is 0.963. The Balaban J connectivity index is 2.16. The molecule has 0 aliphatic rings. The van der Waals surface area contributed by atoms with Gasteiger partial charge in [0.2, 0.25) is 11.8 Å². The third-order valence-electron chi connectivity index (χ3n) is 7.01. The molecule has 0 fully saturated rings. The molecule has 0 aliphatic heterocycles. The number of rotatable bonds is 14. The zero-order valence-corrected chi connectivity index (χ0v) is 27.2. The van der Waals surface area contributed by atoms with Crippen LogP contribution >= 0.6 is 23.2 Å². The van der Waals surface area contributed by atoms with Crippen LogP contribution in [0.2, 0.25) is 10.0 Å². The van der Waals surface area contributed by atoms with E-state index in [1.807, 2.05) is 13.8 Å². The van der Waals surface area contributed by atoms with Crippen LogP contribution in [-0.2, 0) is 26.2 Å². The van der Waals surface area contributed by atoms with Gasteiger partial charge in [-0.25, -0.2) is 8.42 Å². The van der Waals surface area contributed by atoms with Crippen molar-refractivity contribution < 1.29 is 27.5 Å². The topological polar surface area (TPSA) is 105 Å². The molecular weight excluding hydrogens is 613 g/mol. The highest BCUT2D eigenvalue weighted by Crippen LogP contribution is 2.36. The van der Waals surface area contributed by atoms with Crippen LogP contribution in [-0.4, -0.2) is 58.0 Å². The Bertz CT molecular complexity index is 1520. The predicted molar refractivity (Wildman–Crippen MR) is 170 cm³/mol. The number of halogens is 2. The van der Waals surface area contributed by atoms with Gasteiger partial charge in [0.1, 0.15) is 24.1 Å². The Labute approximate surface area is 263 Å². The molecule has 0 bridgehead atoms. The molecule has 232 valence electrons. The molecule has 9 nitrogen and oxygen atoms in total. The molecule has 0 spiro atoms. The summed E-state index contributed by atoms with van der Waals surface area (Å²) >= 11 is 12.6. The van der Waals surface area contributed by atoms with Gasteiger partial charge in [-0.2, -0.15) is 0 Å². The molecule has 0 radical (unpaired) electrons. The minimum absolute atomic E-state index is 0.0264. The summed E-state index contributed by atoms with van der Waals surface area (Å²) < 4.78 is 40.1. The molecule has 0 aromatic heterocycles. The number of ether oxygens (including phenoxy) is 2. The van der Waals surface area contributed by atoms with Crippen LogP contribution in [0.1, 0.15) is 39.2 Å². The zero-order chi connectivity index (χ0) is 31.7. The van der Waals surface area contributed by atoms with Crippen molar-refractivity contribution in [1.82, 2.24) is 10.2 Å². The Morgan fingerprint density at radius 3 is 2.21 bits per heavy atom. The summed E-state index contributed by atoms with van der Waals surface area (Å²) in [7, 11) is -1.44. The van der Waals surface area contributed by atoms with Crippen molar-refractivity contribution in [2.75, 3.05) is 25.1 Å². The quantitative estimate of drug-likeness (QED) is 0.232. The number of nitrogens with zero attached hydrogens (tertiary/aromatic N) is 2. The van der Waals surface area contributed by atoms with Crippen molar-refractivity contribution in [3.8, 4) is 11.5 Å². The number of methoxy groups -OCH3 is 2. The van der Waals surface area contributed by atoms with Crippen molar-refractivity contribution in [3.63, 3.8) is 0 Å². The molecule has 3 aromatic carbocycles. The number of sulfonamides is 1. The maximum absolute atomic E-state index is 14.3. The van der Waals surface area contributed by atoms with Gasteiger partial charge < -0.3 is 19.7 Å². The molecule has 0 saturated carbocycles. The molecule has 12 heteroatoms. The van der Waals surface area contributed by atoms with E-state index in [0.717, 1.165) is 4.31 Å². The van der Waals surface area contributed by atoms with E-state index in [9.17, 15) is 18.0 Å². The Hall–Kier alpha value is -3.47. The molecule has 2 amide bonds. The average molecular weight is 651 g/mol. The van der Waals surface area contributed by atoms with Crippen LogP contribution in [0.4, 0.5) is 5.69 Å². The predicted octanol–water partition coefficient (Wildman–Crippen LogP) is 5.93. The lowest BCUT2D eigenvalue weighted by molar-refractivity contribution is -0.140. The number of amides is 2. The number of anilines is 1. The summed E-state index contributed by atoms with van der Waals surface area (Å²) in [6.45, 7) is 4.90. The maximum Gasteiger partial charge on any atom is 0.264 e. The second-order valence-electron chi connectivity index (χ2n) is 9.86. The summed E-state index contributed by atoms with van der Waals surface area (Å²) in [5.74, 6) is -0.407. The largest absolute Gasteiger partial charge is 0.497 e. The van der Waals surface area contributed by atoms with Crippen LogP contribution in [0.5, 0.6) is 11.5 Å². The fourth-order valence-corrected chi connectivity index (χ4v) is 6.32. The van der Waals surface area contributed by atoms with Crippen molar-refractivity contribution in [2.45, 2.75) is 57.1 Å². The van der Waals surface area contributed by atoms with E-state index in [-0.39, 0.29) is 41.2 Å². The van der Waals surface area contributed by atoms with Gasteiger partial charge in [-0.05, 0) is 61.7 Å². The van der Waals surface area contributed by atoms with E-state index in [1.54, 1.807) is 55.5 Å². The van der Waals surface area contributed by atoms with Crippen molar-refractivity contribution >= 4 is 50.7 Å². The zero-order valence-electron chi connectivity index (χ0n) is 24.8. The van der Waals surface area contributed by atoms with Gasteiger partial charge in [-0.3, -0.25) is 13.9 Å². The van der Waals surface area contributed by atoms with Crippen LogP contribution < -0.4 is 19.1 Å². The molecular formula is C31H37Cl2N3O6S. The van der Waals surface area contributed by atoms with Gasteiger partial charge >= 0.3 is 0 Å². The molecule has 3 rings (SSSR count). The van der Waals surface area contributed by atoms with E-state index in [0.29, 0.717) is 27.8 Å². The van der Waals surface area contributed by atoms with E-state index < -0.39 is 28.5 Å². The van der Waals surface area contributed by atoms with Gasteiger partial charge in [-0.15, -0.1) is 0 Å². The average Bonchev–Trinajstić information content (AvgIpc) is 3.00. The summed E-state index contributed by atoms with van der Waals surface area (Å²) in [5, 5.41) is 3.67. The second kappa shape index (κ2) is 15.3. The standard InChI is InChI=1S/C31H37Cl2N3O6S/c1-6-21(3)34-31(38)27(7-2)35(19-22-13-14-23(32)17-26(22)33)30(37)20-36(43(39,40)25-11-9-8-10-12-25)28-18-24(41-4)15-16-29(28)42-5/h8-18,21,27H,6-7,19-20H2,1-5H3,(H,34,38). The Morgan fingerprint density at radius 1 is 0.930 bits per heavy atom. The van der Waals surface area contributed by atoms with Crippen LogP contribution in [0.15, 0.2) is 71.6 Å². The first-order valence-electron chi connectivity index (χ1n) is 13.8. The normalized spacial score (nSPS) is 12.6. The van der Waals surface area contributed by atoms with Crippen molar-refractivity contribution in [2.24, 2.45) is 0 Å². The van der Waals surface area contributed by atoms with Crippen LogP contribution in [0.3, 0.4) is 0 Å². The van der Waals surface area contributed by atoms with Crippen LogP contribution in [0.25, 0.3) is 0 Å². The third kappa shape index (κ3) is 8.34. The minimum atomic E-state index is -4.30. The molecule has 3 aromatic rings. The number of carbonyl (C=O) groups is 2. The van der Waals surface area contributed by atoms with Gasteiger partial charge in [-0.1, -0.05) is 61.3 Å². The van der Waals surface area contributed by atoms with Crippen LogP contribution in [0, 0.1) is 0 Å². The number of nitrogens with one attached hydrogen (secondary N) is 1. The van der Waals surface area contributed by atoms with Gasteiger partial charge in [0.15, 0.2) is 0 Å². The summed E-state index contributed by atoms with van der Waals surface area (Å²) in [4.78, 5) is 29.1. The number of carbonyl (C=O) groups excluding carboxylic acids is 2. The highest BCUT2D eigenvalue weighted by atomic mass is 35.5. The molecule has 2 atom stereocenters. The first-order chi connectivity index (χ1) is 20.5. The van der Waals surface area contributed by atoms with E-state index in [2.05, 4.69) is 5.32 Å². The molecule has 1 N–H and O–H groups in total. The number of benzene rings is 3. The van der Waals surface area contributed by atoms with Gasteiger partial charge in [0.25, 0.3) is 10.0 Å². The summed E-state index contributed by atoms with van der Waals surface area (Å²) in [6, 6.07) is 16.3. The Kier molecular flexibility index (Phi) is 12.1. The smallest absolute Gasteiger partial charge is 0.264 e. The molecule has 0 heterocycles. The maximum atomic E-state index is 14.3. The number of hydrogen-bond donors (Lipinski definition) is 1. The minimum Gasteiger partial charge on any atom is -0.497 e. The monoisotopic (exact) mass is 649 g/mol.